The van der Waals surface area contributed by atoms with Crippen molar-refractivity contribution in [1.29, 1.82) is 0 Å². The Kier molecular flexibility index (Phi) is 16.1. The number of carbonyl (C=O) groups excluding carboxylic acids is 3. The molecule has 4 aliphatic rings. The van der Waals surface area contributed by atoms with Gasteiger partial charge in [-0.3, -0.25) is 29.5 Å². The highest BCUT2D eigenvalue weighted by atomic mass is 28.3. The van der Waals surface area contributed by atoms with E-state index in [2.05, 4.69) is 101 Å². The van der Waals surface area contributed by atoms with E-state index in [1.807, 2.05) is 23.2 Å². The van der Waals surface area contributed by atoms with Crippen molar-refractivity contribution in [2.24, 2.45) is 13.0 Å². The van der Waals surface area contributed by atoms with Crippen LogP contribution in [0.3, 0.4) is 0 Å². The summed E-state index contributed by atoms with van der Waals surface area (Å²) >= 11 is 0. The third kappa shape index (κ3) is 12.1. The predicted molar refractivity (Wildman–Crippen MR) is 296 cm³/mol. The van der Waals surface area contributed by atoms with E-state index in [0.29, 0.717) is 56.7 Å². The monoisotopic (exact) mass is 1070 g/mol. The van der Waals surface area contributed by atoms with Gasteiger partial charge in [-0.25, -0.2) is 23.1 Å². The minimum absolute atomic E-state index is 0.000102. The van der Waals surface area contributed by atoms with Gasteiger partial charge in [0.25, 0.3) is 11.8 Å². The lowest BCUT2D eigenvalue weighted by atomic mass is 9.85. The summed E-state index contributed by atoms with van der Waals surface area (Å²) in [5, 5.41) is 6.29. The maximum absolute atomic E-state index is 15.7. The number of nitrogens with zero attached hydrogens (tertiary/aromatic N) is 7. The number of benzene rings is 3. The molecule has 0 aliphatic carbocycles. The molecule has 410 valence electrons. The predicted octanol–water partition coefficient (Wildman–Crippen LogP) is 10.3. The number of hydrogen-bond donors (Lipinski definition) is 2. The van der Waals surface area contributed by atoms with Crippen LogP contribution in [0.25, 0.3) is 33.2 Å². The molecule has 4 fully saturated rings. The third-order valence-electron chi connectivity index (χ3n) is 16.8. The number of aromatic nitrogens is 4. The first-order chi connectivity index (χ1) is 36.9. The van der Waals surface area contributed by atoms with Gasteiger partial charge in [0.1, 0.15) is 36.7 Å². The number of rotatable bonds is 17. The number of imidazole rings is 1. The van der Waals surface area contributed by atoms with E-state index >= 15 is 13.2 Å². The zero-order valence-corrected chi connectivity index (χ0v) is 46.4. The first-order valence-electron chi connectivity index (χ1n) is 27.6. The van der Waals surface area contributed by atoms with Crippen molar-refractivity contribution in [3.8, 4) is 11.1 Å². The zero-order valence-electron chi connectivity index (χ0n) is 45.4. The fourth-order valence-electron chi connectivity index (χ4n) is 12.2. The number of methoxy groups -OCH3 is 1. The topological polar surface area (TPSA) is 139 Å². The van der Waals surface area contributed by atoms with Crippen molar-refractivity contribution < 1.29 is 37.0 Å². The Bertz CT molecular complexity index is 3110. The average molecular weight is 1070 g/mol. The van der Waals surface area contributed by atoms with E-state index < -0.39 is 44.2 Å². The van der Waals surface area contributed by atoms with E-state index in [4.69, 9.17) is 19.4 Å². The molecule has 77 heavy (non-hydrogen) atoms. The Morgan fingerprint density at radius 2 is 1.69 bits per heavy atom. The summed E-state index contributed by atoms with van der Waals surface area (Å²) in [5.41, 5.74) is 8.49. The van der Waals surface area contributed by atoms with Crippen molar-refractivity contribution >= 4 is 53.5 Å². The molecule has 18 heteroatoms. The molecule has 0 radical (unpaired) electrons. The van der Waals surface area contributed by atoms with Crippen molar-refractivity contribution in [2.45, 2.75) is 121 Å². The number of piperidine rings is 4. The number of ether oxygens (including phenoxy) is 2. The highest BCUT2D eigenvalue weighted by Gasteiger charge is 2.47. The Morgan fingerprint density at radius 3 is 2.39 bits per heavy atom. The lowest BCUT2D eigenvalue weighted by Crippen LogP contribution is -2.50. The molecule has 0 saturated carbocycles. The number of fused-ring (bicyclic) bond motifs is 2. The molecule has 4 aliphatic heterocycles. The van der Waals surface area contributed by atoms with Gasteiger partial charge in [0, 0.05) is 89.5 Å². The number of amides is 3. The molecular weight excluding hydrogens is 1000 g/mol. The van der Waals surface area contributed by atoms with E-state index in [9.17, 15) is 14.4 Å². The SMILES string of the molecule is COCc1nc2cc(-c3ccnc4c3cc([C@H](C)N3CCC(c5ccc(C(=O)N6CCC(CN7CCC(c8ccc(NC9CCC(=O)NC9=O)cc8F)C(F)(F)C7)CC6)cc5)CC3)n4C)ccc2n1COCC[Si](C)(C)C. The summed E-state index contributed by atoms with van der Waals surface area (Å²) in [7, 11) is 2.60. The lowest BCUT2D eigenvalue weighted by Gasteiger charge is -2.41. The van der Waals surface area contributed by atoms with Gasteiger partial charge < -0.3 is 28.8 Å². The maximum Gasteiger partial charge on any atom is 0.267 e. The fraction of sp³-hybridized carbons (Fsp3) is 0.508. The van der Waals surface area contributed by atoms with Crippen LogP contribution in [0, 0.1) is 11.7 Å². The normalized spacial score (nSPS) is 20.8. The smallest absolute Gasteiger partial charge is 0.267 e. The summed E-state index contributed by atoms with van der Waals surface area (Å²) in [6.45, 7) is 14.4. The van der Waals surface area contributed by atoms with Crippen LogP contribution >= 0.6 is 0 Å². The fourth-order valence-corrected chi connectivity index (χ4v) is 13.0. The average Bonchev–Trinajstić information content (AvgIpc) is 4.04. The van der Waals surface area contributed by atoms with Crippen LogP contribution in [0.5, 0.6) is 0 Å². The largest absolute Gasteiger partial charge is 0.377 e. The zero-order chi connectivity index (χ0) is 54.2. The summed E-state index contributed by atoms with van der Waals surface area (Å²) in [6, 6.07) is 23.7. The second-order valence-corrected chi connectivity index (χ2v) is 28.9. The van der Waals surface area contributed by atoms with Crippen molar-refractivity contribution in [3.63, 3.8) is 0 Å². The van der Waals surface area contributed by atoms with Gasteiger partial charge in [-0.05, 0) is 154 Å². The molecule has 10 rings (SSSR count). The molecule has 14 nitrogen and oxygen atoms in total. The number of carbonyl (C=O) groups is 3. The first kappa shape index (κ1) is 54.4. The van der Waals surface area contributed by atoms with Gasteiger partial charge >= 0.3 is 0 Å². The lowest BCUT2D eigenvalue weighted by molar-refractivity contribution is -0.133. The summed E-state index contributed by atoms with van der Waals surface area (Å²) in [6.07, 6.45) is 5.94. The molecule has 0 spiro atoms. The van der Waals surface area contributed by atoms with Crippen LogP contribution in [-0.4, -0.2) is 131 Å². The number of anilines is 1. The highest BCUT2D eigenvalue weighted by molar-refractivity contribution is 6.76. The minimum Gasteiger partial charge on any atom is -0.377 e. The van der Waals surface area contributed by atoms with E-state index in [1.165, 1.54) is 23.4 Å². The van der Waals surface area contributed by atoms with E-state index in [1.54, 1.807) is 12.0 Å². The Hall–Kier alpha value is -5.92. The van der Waals surface area contributed by atoms with Crippen molar-refractivity contribution in [3.05, 3.63) is 113 Å². The number of hydrogen-bond acceptors (Lipinski definition) is 10. The molecule has 3 amide bonds. The molecule has 6 aromatic rings. The summed E-state index contributed by atoms with van der Waals surface area (Å²) in [5.74, 6) is -4.58. The number of likely N-dealkylation sites (tertiary alicyclic amines) is 3. The number of alkyl halides is 2. The molecule has 2 N–H and O–H groups in total. The third-order valence-corrected chi connectivity index (χ3v) is 18.5. The number of imide groups is 1. The van der Waals surface area contributed by atoms with Gasteiger partial charge in [0.2, 0.25) is 11.8 Å². The Balaban J connectivity index is 0.697. The summed E-state index contributed by atoms with van der Waals surface area (Å²) in [4.78, 5) is 53.5. The minimum atomic E-state index is -3.14. The quantitative estimate of drug-likeness (QED) is 0.0516. The standard InChI is InChI=1S/C59H74F3N9O5Si/c1-38(53-33-47-45(17-23-63-56(47)67(53)2)43-11-15-52-51(31-43)65-54(35-75-3)71(52)37-76-29-30-77(4,5)6)69-27-20-41(21-28-69)40-7-9-42(10-8-40)58(74)70-25-18-39(19-26-70)34-68-24-22-48(59(61,62)36-68)46-13-12-44(32-49(46)60)64-50-14-16-55(72)66-57(50)73/h7-13,15,17,23,31-33,38-39,41,48,50,64H,14,16,18-22,24-30,34-37H2,1-6H3,(H,66,72,73)/t38-,48?,50?/m0/s1. The molecule has 2 unspecified atom stereocenters. The molecule has 3 aromatic heterocycles. The number of halogens is 3. The van der Waals surface area contributed by atoms with Crippen LogP contribution in [0.15, 0.2) is 79.0 Å². The van der Waals surface area contributed by atoms with Crippen LogP contribution in [-0.2, 0) is 39.4 Å². The number of pyridine rings is 1. The maximum atomic E-state index is 15.7. The van der Waals surface area contributed by atoms with Gasteiger partial charge in [0.15, 0.2) is 0 Å². The molecule has 7 heterocycles. The van der Waals surface area contributed by atoms with Crippen molar-refractivity contribution in [1.82, 2.24) is 39.1 Å². The first-order valence-corrected chi connectivity index (χ1v) is 31.3. The molecule has 4 saturated heterocycles. The van der Waals surface area contributed by atoms with Gasteiger partial charge in [0.05, 0.1) is 23.5 Å². The van der Waals surface area contributed by atoms with Crippen LogP contribution in [0.1, 0.15) is 103 Å². The van der Waals surface area contributed by atoms with E-state index in [0.717, 1.165) is 96.5 Å². The molecule has 3 aromatic carbocycles. The van der Waals surface area contributed by atoms with Crippen LogP contribution in [0.4, 0.5) is 18.9 Å². The van der Waals surface area contributed by atoms with Gasteiger partial charge in [-0.15, -0.1) is 0 Å². The molecule has 3 atom stereocenters. The Morgan fingerprint density at radius 1 is 0.922 bits per heavy atom. The van der Waals surface area contributed by atoms with Gasteiger partial charge in [-0.2, -0.15) is 0 Å². The second-order valence-electron chi connectivity index (χ2n) is 23.2. The molecular formula is C59H74F3N9O5Si. The number of aryl methyl sites for hydroxylation is 1. The van der Waals surface area contributed by atoms with Gasteiger partial charge in [-0.1, -0.05) is 43.9 Å². The highest BCUT2D eigenvalue weighted by Crippen LogP contribution is 2.43. The second kappa shape index (κ2) is 22.8. The summed E-state index contributed by atoms with van der Waals surface area (Å²) < 4.78 is 62.9. The van der Waals surface area contributed by atoms with Crippen molar-refractivity contribution in [2.75, 3.05) is 64.8 Å². The Labute approximate surface area is 450 Å². The number of nitrogens with one attached hydrogen (secondary N) is 2. The van der Waals surface area contributed by atoms with Crippen LogP contribution in [0.2, 0.25) is 25.7 Å². The molecule has 0 bridgehead atoms. The van der Waals surface area contributed by atoms with Crippen LogP contribution < -0.4 is 10.6 Å². The van der Waals surface area contributed by atoms with E-state index in [-0.39, 0.29) is 48.6 Å².